The largest absolute Gasteiger partial charge is 0.399 e. The summed E-state index contributed by atoms with van der Waals surface area (Å²) in [5.41, 5.74) is 7.54. The molecule has 0 radical (unpaired) electrons. The van der Waals surface area contributed by atoms with Crippen molar-refractivity contribution in [3.8, 4) is 0 Å². The van der Waals surface area contributed by atoms with E-state index < -0.39 is 0 Å². The second kappa shape index (κ2) is 5.79. The molecule has 0 unspecified atom stereocenters. The van der Waals surface area contributed by atoms with Crippen LogP contribution in [0.15, 0.2) is 36.4 Å². The zero-order chi connectivity index (χ0) is 14.7. The van der Waals surface area contributed by atoms with Crippen LogP contribution in [-0.2, 0) is 0 Å². The number of hydrogen-bond acceptors (Lipinski definition) is 4. The van der Waals surface area contributed by atoms with Crippen LogP contribution in [0.1, 0.15) is 10.4 Å². The third-order valence-electron chi connectivity index (χ3n) is 2.70. The summed E-state index contributed by atoms with van der Waals surface area (Å²) in [5, 5.41) is 3.03. The monoisotopic (exact) mass is 290 g/mol. The number of pyridine rings is 1. The Morgan fingerprint density at radius 2 is 2.05 bits per heavy atom. The Bertz CT molecular complexity index is 643. The van der Waals surface area contributed by atoms with Gasteiger partial charge in [0, 0.05) is 25.5 Å². The molecule has 1 aromatic carbocycles. The summed E-state index contributed by atoms with van der Waals surface area (Å²) in [7, 11) is 3.72. The van der Waals surface area contributed by atoms with Gasteiger partial charge in [-0.25, -0.2) is 4.98 Å². The maximum absolute atomic E-state index is 12.3. The quantitative estimate of drug-likeness (QED) is 0.673. The summed E-state index contributed by atoms with van der Waals surface area (Å²) < 4.78 is 0. The van der Waals surface area contributed by atoms with Crippen LogP contribution in [0.2, 0.25) is 5.15 Å². The summed E-state index contributed by atoms with van der Waals surface area (Å²) in [6.45, 7) is 0. The van der Waals surface area contributed by atoms with Crippen LogP contribution in [0.25, 0.3) is 0 Å². The van der Waals surface area contributed by atoms with E-state index in [1.54, 1.807) is 36.4 Å². The van der Waals surface area contributed by atoms with Gasteiger partial charge in [-0.1, -0.05) is 17.7 Å². The van der Waals surface area contributed by atoms with Crippen molar-refractivity contribution < 1.29 is 4.79 Å². The first-order valence-corrected chi connectivity index (χ1v) is 6.36. The van der Waals surface area contributed by atoms with E-state index in [1.807, 2.05) is 19.0 Å². The standard InChI is InChI=1S/C14H15ClN4O/c1-19(2)11-7-6-9(16)8-10(11)14(20)18-13-5-3-4-12(15)17-13/h3-8H,16H2,1-2H3,(H,17,18,20). The fourth-order valence-corrected chi connectivity index (χ4v) is 1.95. The molecule has 0 aliphatic heterocycles. The van der Waals surface area contributed by atoms with E-state index in [2.05, 4.69) is 10.3 Å². The van der Waals surface area contributed by atoms with Gasteiger partial charge >= 0.3 is 0 Å². The van der Waals surface area contributed by atoms with Gasteiger partial charge in [0.2, 0.25) is 0 Å². The van der Waals surface area contributed by atoms with Gasteiger partial charge in [0.1, 0.15) is 11.0 Å². The molecule has 104 valence electrons. The van der Waals surface area contributed by atoms with Crippen LogP contribution < -0.4 is 16.0 Å². The van der Waals surface area contributed by atoms with Crippen molar-refractivity contribution in [1.29, 1.82) is 0 Å². The number of anilines is 3. The number of hydrogen-bond donors (Lipinski definition) is 2. The lowest BCUT2D eigenvalue weighted by atomic mass is 10.1. The molecule has 3 N–H and O–H groups in total. The van der Waals surface area contributed by atoms with Crippen molar-refractivity contribution in [2.24, 2.45) is 0 Å². The first-order chi connectivity index (χ1) is 9.47. The van der Waals surface area contributed by atoms with Crippen LogP contribution >= 0.6 is 11.6 Å². The van der Waals surface area contributed by atoms with Crippen LogP contribution in [0.4, 0.5) is 17.2 Å². The number of amides is 1. The van der Waals surface area contributed by atoms with Crippen LogP contribution in [0.3, 0.4) is 0 Å². The van der Waals surface area contributed by atoms with E-state index in [0.717, 1.165) is 5.69 Å². The topological polar surface area (TPSA) is 71.2 Å². The highest BCUT2D eigenvalue weighted by Gasteiger charge is 2.14. The maximum Gasteiger partial charge on any atom is 0.258 e. The molecule has 0 aliphatic carbocycles. The summed E-state index contributed by atoms with van der Waals surface area (Å²) in [6.07, 6.45) is 0. The van der Waals surface area contributed by atoms with Gasteiger partial charge in [-0.05, 0) is 30.3 Å². The first kappa shape index (κ1) is 14.1. The average Bonchev–Trinajstić information content (AvgIpc) is 2.38. The summed E-state index contributed by atoms with van der Waals surface area (Å²) in [5.74, 6) is 0.116. The average molecular weight is 291 g/mol. The SMILES string of the molecule is CN(C)c1ccc(N)cc1C(=O)Nc1cccc(Cl)n1. The lowest BCUT2D eigenvalue weighted by molar-refractivity contribution is 0.102. The molecule has 0 atom stereocenters. The van der Waals surface area contributed by atoms with Gasteiger partial charge in [0.25, 0.3) is 5.91 Å². The molecule has 1 aromatic heterocycles. The third kappa shape index (κ3) is 3.19. The fourth-order valence-electron chi connectivity index (χ4n) is 1.79. The molecule has 1 amide bonds. The van der Waals surface area contributed by atoms with Crippen molar-refractivity contribution in [3.05, 3.63) is 47.1 Å². The van der Waals surface area contributed by atoms with Gasteiger partial charge in [-0.3, -0.25) is 4.79 Å². The molecule has 0 saturated heterocycles. The van der Waals surface area contributed by atoms with Gasteiger partial charge in [-0.2, -0.15) is 0 Å². The number of nitrogens with two attached hydrogens (primary N) is 1. The lowest BCUT2D eigenvalue weighted by Gasteiger charge is -2.17. The van der Waals surface area contributed by atoms with Crippen molar-refractivity contribution >= 4 is 34.7 Å². The minimum Gasteiger partial charge on any atom is -0.399 e. The Balaban J connectivity index is 2.31. The van der Waals surface area contributed by atoms with E-state index in [9.17, 15) is 4.79 Å². The van der Waals surface area contributed by atoms with E-state index in [0.29, 0.717) is 22.2 Å². The number of nitrogen functional groups attached to an aromatic ring is 1. The minimum absolute atomic E-state index is 0.282. The van der Waals surface area contributed by atoms with Gasteiger partial charge in [0.05, 0.1) is 5.56 Å². The van der Waals surface area contributed by atoms with Crippen molar-refractivity contribution in [2.75, 3.05) is 30.0 Å². The highest BCUT2D eigenvalue weighted by molar-refractivity contribution is 6.29. The molecule has 5 nitrogen and oxygen atoms in total. The molecule has 20 heavy (non-hydrogen) atoms. The number of halogens is 1. The Morgan fingerprint density at radius 3 is 2.70 bits per heavy atom. The van der Waals surface area contributed by atoms with Crippen molar-refractivity contribution in [3.63, 3.8) is 0 Å². The van der Waals surface area contributed by atoms with E-state index in [4.69, 9.17) is 17.3 Å². The Hall–Kier alpha value is -2.27. The molecule has 0 spiro atoms. The number of carbonyl (C=O) groups is 1. The fraction of sp³-hybridized carbons (Fsp3) is 0.143. The third-order valence-corrected chi connectivity index (χ3v) is 2.91. The second-order valence-electron chi connectivity index (χ2n) is 4.47. The van der Waals surface area contributed by atoms with Crippen molar-refractivity contribution in [1.82, 2.24) is 4.98 Å². The van der Waals surface area contributed by atoms with Crippen molar-refractivity contribution in [2.45, 2.75) is 0 Å². The Labute approximate surface area is 122 Å². The number of nitrogens with one attached hydrogen (secondary N) is 1. The van der Waals surface area contributed by atoms with E-state index in [1.165, 1.54) is 0 Å². The Morgan fingerprint density at radius 1 is 1.30 bits per heavy atom. The normalized spacial score (nSPS) is 10.2. The summed E-state index contributed by atoms with van der Waals surface area (Å²) >= 11 is 5.79. The zero-order valence-electron chi connectivity index (χ0n) is 11.2. The van der Waals surface area contributed by atoms with E-state index >= 15 is 0 Å². The lowest BCUT2D eigenvalue weighted by Crippen LogP contribution is -2.19. The predicted octanol–water partition coefficient (Wildman–Crippen LogP) is 2.64. The highest BCUT2D eigenvalue weighted by atomic mass is 35.5. The summed E-state index contributed by atoms with van der Waals surface area (Å²) in [4.78, 5) is 18.2. The van der Waals surface area contributed by atoms with Gasteiger partial charge in [-0.15, -0.1) is 0 Å². The minimum atomic E-state index is -0.282. The molecule has 0 aliphatic rings. The molecule has 0 fully saturated rings. The molecule has 2 aromatic rings. The smallest absolute Gasteiger partial charge is 0.258 e. The number of nitrogens with zero attached hydrogens (tertiary/aromatic N) is 2. The molecule has 0 bridgehead atoms. The Kier molecular flexibility index (Phi) is 4.10. The molecule has 2 rings (SSSR count). The first-order valence-electron chi connectivity index (χ1n) is 5.98. The van der Waals surface area contributed by atoms with Crippen LogP contribution in [0, 0.1) is 0 Å². The molecule has 1 heterocycles. The van der Waals surface area contributed by atoms with E-state index in [-0.39, 0.29) is 5.91 Å². The van der Waals surface area contributed by atoms with Crippen LogP contribution in [-0.4, -0.2) is 25.0 Å². The maximum atomic E-state index is 12.3. The van der Waals surface area contributed by atoms with Gasteiger partial charge in [0.15, 0.2) is 0 Å². The molecular weight excluding hydrogens is 276 g/mol. The molecule has 0 saturated carbocycles. The van der Waals surface area contributed by atoms with Crippen LogP contribution in [0.5, 0.6) is 0 Å². The second-order valence-corrected chi connectivity index (χ2v) is 4.86. The molecule has 6 heteroatoms. The number of benzene rings is 1. The number of carbonyl (C=O) groups excluding carboxylic acids is 1. The summed E-state index contributed by atoms with van der Waals surface area (Å²) in [6, 6.07) is 10.2. The number of rotatable bonds is 3. The van der Waals surface area contributed by atoms with Gasteiger partial charge < -0.3 is 16.0 Å². The zero-order valence-corrected chi connectivity index (χ0v) is 12.0. The highest BCUT2D eigenvalue weighted by Crippen LogP contribution is 2.22. The number of aromatic nitrogens is 1. The predicted molar refractivity (Wildman–Crippen MR) is 82.4 cm³/mol. The molecular formula is C14H15ClN4O.